The highest BCUT2D eigenvalue weighted by Gasteiger charge is 2.48. The molecule has 2 heterocycles. The van der Waals surface area contributed by atoms with E-state index in [1.165, 1.54) is 0 Å². The Morgan fingerprint density at radius 1 is 1.21 bits per heavy atom. The molecule has 1 N–H and O–H groups in total. The zero-order valence-electron chi connectivity index (χ0n) is 13.8. The molecule has 0 radical (unpaired) electrons. The number of aliphatic carboxylic acids is 1. The van der Waals surface area contributed by atoms with Crippen molar-refractivity contribution in [3.63, 3.8) is 0 Å². The number of sulfone groups is 1. The van der Waals surface area contributed by atoms with Crippen LogP contribution in [-0.4, -0.2) is 67.1 Å². The molecule has 1 saturated carbocycles. The third kappa shape index (κ3) is 3.59. The Bertz CT molecular complexity index is 606. The number of ether oxygens (including phenoxy) is 1. The molecular weight excluding hydrogens is 334 g/mol. The average molecular weight is 359 g/mol. The number of rotatable bonds is 6. The first-order chi connectivity index (χ1) is 11.3. The van der Waals surface area contributed by atoms with E-state index in [2.05, 4.69) is 0 Å². The molecule has 2 atom stereocenters. The fourth-order valence-corrected chi connectivity index (χ4v) is 5.67. The van der Waals surface area contributed by atoms with Crippen molar-refractivity contribution in [3.05, 3.63) is 0 Å². The standard InChI is InChI=1S/C16H25NO6S/c18-14(9-16(15(19)20)5-2-6-16)17(10-13-3-1-7-23-13)12-4-8-24(21,22)11-12/h12-13H,1-11H2,(H,19,20). The van der Waals surface area contributed by atoms with Crippen molar-refractivity contribution in [2.24, 2.45) is 5.41 Å². The summed E-state index contributed by atoms with van der Waals surface area (Å²) in [6.07, 6.45) is 3.98. The molecule has 3 fully saturated rings. The van der Waals surface area contributed by atoms with Gasteiger partial charge in [-0.05, 0) is 32.1 Å². The maximum Gasteiger partial charge on any atom is 0.310 e. The van der Waals surface area contributed by atoms with E-state index in [4.69, 9.17) is 4.74 Å². The Hall–Kier alpha value is -1.15. The van der Waals surface area contributed by atoms with E-state index >= 15 is 0 Å². The lowest BCUT2D eigenvalue weighted by Gasteiger charge is -2.40. The molecule has 136 valence electrons. The molecule has 3 aliphatic rings. The highest BCUT2D eigenvalue weighted by atomic mass is 32.2. The van der Waals surface area contributed by atoms with Crippen molar-refractivity contribution in [2.45, 2.75) is 57.1 Å². The summed E-state index contributed by atoms with van der Waals surface area (Å²) in [4.78, 5) is 26.0. The van der Waals surface area contributed by atoms with E-state index in [1.807, 2.05) is 0 Å². The zero-order chi connectivity index (χ0) is 17.4. The lowest BCUT2D eigenvalue weighted by molar-refractivity contribution is -0.160. The summed E-state index contributed by atoms with van der Waals surface area (Å²) in [6, 6.07) is -0.349. The topological polar surface area (TPSA) is 101 Å². The Kier molecular flexibility index (Phi) is 4.88. The van der Waals surface area contributed by atoms with E-state index in [1.54, 1.807) is 4.90 Å². The number of hydrogen-bond acceptors (Lipinski definition) is 5. The molecule has 24 heavy (non-hydrogen) atoms. The summed E-state index contributed by atoms with van der Waals surface area (Å²) >= 11 is 0. The number of nitrogens with zero attached hydrogens (tertiary/aromatic N) is 1. The predicted octanol–water partition coefficient (Wildman–Crippen LogP) is 0.826. The molecule has 0 bridgehead atoms. The summed E-state index contributed by atoms with van der Waals surface area (Å²) in [5.74, 6) is -1.09. The second kappa shape index (κ2) is 6.63. The van der Waals surface area contributed by atoms with Crippen LogP contribution in [0.5, 0.6) is 0 Å². The van der Waals surface area contributed by atoms with Gasteiger partial charge in [-0.25, -0.2) is 8.42 Å². The first kappa shape index (κ1) is 17.7. The minimum Gasteiger partial charge on any atom is -0.481 e. The number of carboxylic acid groups (broad SMARTS) is 1. The van der Waals surface area contributed by atoms with E-state index in [9.17, 15) is 23.1 Å². The van der Waals surface area contributed by atoms with Crippen LogP contribution < -0.4 is 0 Å². The third-order valence-corrected chi connectivity index (χ3v) is 7.40. The number of carbonyl (C=O) groups excluding carboxylic acids is 1. The number of hydrogen-bond donors (Lipinski definition) is 1. The Morgan fingerprint density at radius 2 is 1.96 bits per heavy atom. The van der Waals surface area contributed by atoms with Gasteiger partial charge in [0.25, 0.3) is 0 Å². The summed E-state index contributed by atoms with van der Waals surface area (Å²) in [7, 11) is -3.11. The van der Waals surface area contributed by atoms with Crippen molar-refractivity contribution >= 4 is 21.7 Å². The van der Waals surface area contributed by atoms with E-state index < -0.39 is 21.2 Å². The molecule has 3 rings (SSSR count). The Morgan fingerprint density at radius 3 is 2.42 bits per heavy atom. The molecule has 0 aromatic carbocycles. The molecule has 2 unspecified atom stereocenters. The van der Waals surface area contributed by atoms with Gasteiger partial charge in [0.2, 0.25) is 5.91 Å². The fourth-order valence-electron chi connectivity index (χ4n) is 3.94. The van der Waals surface area contributed by atoms with Crippen LogP contribution in [0.15, 0.2) is 0 Å². The van der Waals surface area contributed by atoms with Crippen LogP contribution in [0.1, 0.15) is 44.9 Å². The first-order valence-corrected chi connectivity index (χ1v) is 10.5. The van der Waals surface area contributed by atoms with Gasteiger partial charge < -0.3 is 14.7 Å². The number of carboxylic acids is 1. The lowest BCUT2D eigenvalue weighted by atomic mass is 9.66. The van der Waals surface area contributed by atoms with Crippen LogP contribution >= 0.6 is 0 Å². The summed E-state index contributed by atoms with van der Waals surface area (Å²) in [5.41, 5.74) is -0.955. The number of carbonyl (C=O) groups is 2. The van der Waals surface area contributed by atoms with E-state index in [-0.39, 0.29) is 36.0 Å². The highest BCUT2D eigenvalue weighted by Crippen LogP contribution is 2.44. The quantitative estimate of drug-likeness (QED) is 0.754. The smallest absolute Gasteiger partial charge is 0.310 e. The summed E-state index contributed by atoms with van der Waals surface area (Å²) in [6.45, 7) is 1.03. The molecule has 0 aromatic heterocycles. The van der Waals surface area contributed by atoms with Gasteiger partial charge in [-0.15, -0.1) is 0 Å². The van der Waals surface area contributed by atoms with Crippen molar-refractivity contribution in [3.8, 4) is 0 Å². The second-order valence-corrected chi connectivity index (χ2v) is 9.58. The maximum atomic E-state index is 12.9. The van der Waals surface area contributed by atoms with E-state index in [0.717, 1.165) is 19.3 Å². The minimum absolute atomic E-state index is 0.0223. The third-order valence-electron chi connectivity index (χ3n) is 5.65. The SMILES string of the molecule is O=C(CC1(C(=O)O)CCC1)N(CC1CCCO1)C1CCS(=O)(=O)C1. The highest BCUT2D eigenvalue weighted by molar-refractivity contribution is 7.91. The van der Waals surface area contributed by atoms with Gasteiger partial charge >= 0.3 is 5.97 Å². The fraction of sp³-hybridized carbons (Fsp3) is 0.875. The van der Waals surface area contributed by atoms with Gasteiger partial charge in [-0.2, -0.15) is 0 Å². The molecule has 1 aliphatic carbocycles. The van der Waals surface area contributed by atoms with Crippen LogP contribution in [0.4, 0.5) is 0 Å². The van der Waals surface area contributed by atoms with Gasteiger partial charge in [0.05, 0.1) is 23.0 Å². The van der Waals surface area contributed by atoms with Gasteiger partial charge in [0.1, 0.15) is 0 Å². The van der Waals surface area contributed by atoms with Crippen LogP contribution in [-0.2, 0) is 24.2 Å². The minimum atomic E-state index is -3.11. The lowest BCUT2D eigenvalue weighted by Crippen LogP contribution is -2.49. The molecule has 0 aromatic rings. The van der Waals surface area contributed by atoms with E-state index in [0.29, 0.717) is 32.4 Å². The van der Waals surface area contributed by atoms with Crippen LogP contribution in [0, 0.1) is 5.41 Å². The predicted molar refractivity (Wildman–Crippen MR) is 86.3 cm³/mol. The Labute approximate surface area is 142 Å². The normalized spacial score (nSPS) is 30.7. The molecule has 7 nitrogen and oxygen atoms in total. The maximum absolute atomic E-state index is 12.9. The number of amides is 1. The largest absolute Gasteiger partial charge is 0.481 e. The van der Waals surface area contributed by atoms with Crippen molar-refractivity contribution in [1.29, 1.82) is 0 Å². The average Bonchev–Trinajstić information content (AvgIpc) is 3.08. The molecular formula is C16H25NO6S. The van der Waals surface area contributed by atoms with Crippen LogP contribution in [0.3, 0.4) is 0 Å². The summed E-state index contributed by atoms with van der Waals surface area (Å²) in [5, 5.41) is 9.46. The van der Waals surface area contributed by atoms with Gasteiger partial charge in [0, 0.05) is 25.6 Å². The van der Waals surface area contributed by atoms with Crippen molar-refractivity contribution < 1.29 is 27.9 Å². The molecule has 1 amide bonds. The zero-order valence-corrected chi connectivity index (χ0v) is 14.6. The molecule has 0 spiro atoms. The second-order valence-electron chi connectivity index (χ2n) is 7.35. The monoisotopic (exact) mass is 359 g/mol. The molecule has 2 saturated heterocycles. The van der Waals surface area contributed by atoms with Gasteiger partial charge in [-0.1, -0.05) is 6.42 Å². The van der Waals surface area contributed by atoms with Gasteiger partial charge in [0.15, 0.2) is 9.84 Å². The van der Waals surface area contributed by atoms with Crippen molar-refractivity contribution in [1.82, 2.24) is 4.90 Å². The summed E-state index contributed by atoms with van der Waals surface area (Å²) < 4.78 is 29.2. The molecule has 8 heteroatoms. The Balaban J connectivity index is 1.73. The van der Waals surface area contributed by atoms with Crippen LogP contribution in [0.2, 0.25) is 0 Å². The first-order valence-electron chi connectivity index (χ1n) is 8.66. The molecule has 2 aliphatic heterocycles. The van der Waals surface area contributed by atoms with Crippen LogP contribution in [0.25, 0.3) is 0 Å². The van der Waals surface area contributed by atoms with Gasteiger partial charge in [-0.3, -0.25) is 9.59 Å². The van der Waals surface area contributed by atoms with Crippen molar-refractivity contribution in [2.75, 3.05) is 24.7 Å².